The van der Waals surface area contributed by atoms with Gasteiger partial charge in [-0.1, -0.05) is 24.3 Å². The van der Waals surface area contributed by atoms with Gasteiger partial charge in [0.25, 0.3) is 11.8 Å². The van der Waals surface area contributed by atoms with Crippen molar-refractivity contribution in [1.29, 1.82) is 0 Å². The van der Waals surface area contributed by atoms with Gasteiger partial charge in [0, 0.05) is 11.4 Å². The molecule has 4 rings (SSSR count). The van der Waals surface area contributed by atoms with Crippen molar-refractivity contribution >= 4 is 67.5 Å². The van der Waals surface area contributed by atoms with Crippen LogP contribution in [-0.2, 0) is 20.2 Å². The molecule has 0 spiro atoms. The maximum atomic E-state index is 12.8. The molecule has 0 radical (unpaired) electrons. The Morgan fingerprint density at radius 2 is 0.808 bits per heavy atom. The second-order valence-corrected chi connectivity index (χ2v) is 12.7. The number of carbonyl (C=O) groups excluding carboxylic acids is 2. The molecule has 0 saturated heterocycles. The van der Waals surface area contributed by atoms with Crippen molar-refractivity contribution in [2.75, 3.05) is 10.6 Å². The first kappa shape index (κ1) is 43.7. The number of phenolic OH excluding ortho intramolecular Hbond substituents is 2. The van der Waals surface area contributed by atoms with Crippen LogP contribution in [0.5, 0.6) is 23.0 Å². The first-order valence-corrected chi connectivity index (χ1v) is 16.1. The number of nitrogens with one attached hydrogen (secondary N) is 2. The van der Waals surface area contributed by atoms with Gasteiger partial charge in [-0.05, 0) is 59.7 Å². The summed E-state index contributed by atoms with van der Waals surface area (Å²) in [5.41, 5.74) is -5.31. The van der Waals surface area contributed by atoms with Gasteiger partial charge in [0.1, 0.15) is 54.4 Å². The minimum atomic E-state index is -5.34. The summed E-state index contributed by atoms with van der Waals surface area (Å²) in [5.74, 6) is -9.66. The Labute approximate surface area is 337 Å². The normalized spacial score (nSPS) is 11.2. The molecular weight excluding hydrogens is 754 g/mol. The third-order valence-corrected chi connectivity index (χ3v) is 8.51. The average molecular weight is 775 g/mol. The third kappa shape index (κ3) is 9.68. The zero-order valence-electron chi connectivity index (χ0n) is 26.5. The van der Waals surface area contributed by atoms with Crippen LogP contribution in [0, 0.1) is 0 Å². The van der Waals surface area contributed by atoms with Crippen LogP contribution in [0.3, 0.4) is 0 Å². The van der Waals surface area contributed by atoms with Crippen molar-refractivity contribution in [3.63, 3.8) is 0 Å². The maximum absolute atomic E-state index is 12.8. The van der Waals surface area contributed by atoms with E-state index in [1.54, 1.807) is 0 Å². The Bertz CT molecular complexity index is 2220. The van der Waals surface area contributed by atoms with Crippen molar-refractivity contribution in [2.24, 2.45) is 0 Å². The molecule has 22 heteroatoms. The number of benzene rings is 4. The number of aromatic carboxylic acids is 2. The minimum Gasteiger partial charge on any atom is -0.744 e. The summed E-state index contributed by atoms with van der Waals surface area (Å²) in [6, 6.07) is 8.61. The molecule has 0 saturated carbocycles. The number of carbonyl (C=O) groups is 4. The SMILES string of the molecule is O=C(O)c1c(O)ccc(O)c1C(=O)Nc1ccc(C=Cc2ccc(NC(=O)c3c(O)ccc(O)c3C(=O)O)cc2S(=O)(=O)[O-])c(S(=O)(=O)[O-])c1.[Na+].[Na+]. The van der Waals surface area contributed by atoms with Gasteiger partial charge in [-0.2, -0.15) is 0 Å². The Hall–Kier alpha value is -4.48. The molecule has 0 fully saturated rings. The molecule has 0 aliphatic carbocycles. The van der Waals surface area contributed by atoms with Crippen molar-refractivity contribution in [1.82, 2.24) is 0 Å². The smallest absolute Gasteiger partial charge is 0.744 e. The largest absolute Gasteiger partial charge is 1.00 e. The molecule has 0 atom stereocenters. The van der Waals surface area contributed by atoms with Crippen LogP contribution in [0.15, 0.2) is 70.5 Å². The number of hydrogen-bond acceptors (Lipinski definition) is 14. The number of anilines is 2. The third-order valence-electron chi connectivity index (χ3n) is 6.73. The van der Waals surface area contributed by atoms with E-state index in [-0.39, 0.29) is 59.1 Å². The van der Waals surface area contributed by atoms with Gasteiger partial charge >= 0.3 is 71.1 Å². The predicted molar refractivity (Wildman–Crippen MR) is 167 cm³/mol. The minimum absolute atomic E-state index is 0. The second kappa shape index (κ2) is 16.9. The van der Waals surface area contributed by atoms with Crippen molar-refractivity contribution in [3.8, 4) is 23.0 Å². The molecular formula is C30H20N2Na2O16S2. The van der Waals surface area contributed by atoms with Gasteiger partial charge in [-0.25, -0.2) is 26.4 Å². The molecule has 4 aromatic carbocycles. The first-order valence-electron chi connectivity index (χ1n) is 13.3. The monoisotopic (exact) mass is 774 g/mol. The van der Waals surface area contributed by atoms with E-state index >= 15 is 0 Å². The van der Waals surface area contributed by atoms with E-state index < -0.39 is 122 Å². The van der Waals surface area contributed by atoms with Crippen LogP contribution in [-0.4, -0.2) is 80.3 Å². The Kier molecular flexibility index (Phi) is 14.2. The van der Waals surface area contributed by atoms with Crippen LogP contribution in [0.1, 0.15) is 52.6 Å². The molecule has 0 heterocycles. The van der Waals surface area contributed by atoms with E-state index in [2.05, 4.69) is 10.6 Å². The van der Waals surface area contributed by atoms with Crippen molar-refractivity contribution in [2.45, 2.75) is 9.79 Å². The quantitative estimate of drug-likeness (QED) is 0.0334. The molecule has 0 aliphatic rings. The van der Waals surface area contributed by atoms with E-state index in [0.717, 1.165) is 60.7 Å². The zero-order chi connectivity index (χ0) is 37.3. The van der Waals surface area contributed by atoms with E-state index in [9.17, 15) is 75.8 Å². The van der Waals surface area contributed by atoms with Gasteiger partial charge in [0.2, 0.25) is 0 Å². The molecule has 52 heavy (non-hydrogen) atoms. The fourth-order valence-corrected chi connectivity index (χ4v) is 5.95. The second-order valence-electron chi connectivity index (χ2n) is 9.97. The number of carboxylic acid groups (broad SMARTS) is 2. The summed E-state index contributed by atoms with van der Waals surface area (Å²) < 4.78 is 72.6. The van der Waals surface area contributed by atoms with Gasteiger partial charge in [0.05, 0.1) is 20.9 Å². The van der Waals surface area contributed by atoms with E-state index in [4.69, 9.17) is 0 Å². The Balaban J connectivity index is 0.00000468. The molecule has 0 bridgehead atoms. The summed E-state index contributed by atoms with van der Waals surface area (Å²) in [7, 11) is -10.7. The van der Waals surface area contributed by atoms with Crippen LogP contribution >= 0.6 is 0 Å². The van der Waals surface area contributed by atoms with Gasteiger partial charge < -0.3 is 50.4 Å². The first-order chi connectivity index (χ1) is 23.2. The molecule has 0 aliphatic heterocycles. The summed E-state index contributed by atoms with van der Waals surface area (Å²) in [6.07, 6.45) is 1.82. The number of amides is 2. The van der Waals surface area contributed by atoms with Crippen LogP contribution in [0.2, 0.25) is 0 Å². The van der Waals surface area contributed by atoms with Gasteiger partial charge in [-0.3, -0.25) is 9.59 Å². The molecule has 2 amide bonds. The maximum Gasteiger partial charge on any atom is 1.00 e. The fraction of sp³-hybridized carbons (Fsp3) is 0. The van der Waals surface area contributed by atoms with Crippen molar-refractivity contribution in [3.05, 3.63) is 94.0 Å². The number of hydrogen-bond donors (Lipinski definition) is 8. The summed E-state index contributed by atoms with van der Waals surface area (Å²) in [4.78, 5) is 46.7. The molecule has 0 unspecified atom stereocenters. The van der Waals surface area contributed by atoms with Crippen LogP contribution in [0.4, 0.5) is 11.4 Å². The van der Waals surface area contributed by atoms with Gasteiger partial charge in [0.15, 0.2) is 0 Å². The number of aromatic hydroxyl groups is 4. The number of phenols is 4. The van der Waals surface area contributed by atoms with E-state index in [1.165, 1.54) is 0 Å². The summed E-state index contributed by atoms with van der Waals surface area (Å²) in [5, 5.41) is 62.7. The van der Waals surface area contributed by atoms with Crippen LogP contribution < -0.4 is 69.7 Å². The summed E-state index contributed by atoms with van der Waals surface area (Å²) >= 11 is 0. The van der Waals surface area contributed by atoms with E-state index in [0.29, 0.717) is 12.1 Å². The van der Waals surface area contributed by atoms with Crippen LogP contribution in [0.25, 0.3) is 12.2 Å². The summed E-state index contributed by atoms with van der Waals surface area (Å²) in [6.45, 7) is 0. The standard InChI is InChI=1S/C30H22N2O16S2.2Na/c33-17-7-9-19(35)25(29(39)40)23(17)27(37)31-15-5-3-13(21(11-15)49(43,44)45)1-2-14-4-6-16(12-22(14)50(46,47)48)32-28(38)24-18(34)8-10-20(36)26(24)30(41)42;;/h1-12,33-36H,(H,31,37)(H,32,38)(H,39,40)(H,41,42)(H,43,44,45)(H,46,47,48);;/q;2*+1/p-2. The molecule has 260 valence electrons. The topological polar surface area (TPSA) is 328 Å². The van der Waals surface area contributed by atoms with E-state index in [1.807, 2.05) is 0 Å². The molecule has 4 aromatic rings. The molecule has 18 nitrogen and oxygen atoms in total. The predicted octanol–water partition coefficient (Wildman–Crippen LogP) is -3.60. The Morgan fingerprint density at radius 1 is 0.519 bits per heavy atom. The fourth-order valence-electron chi connectivity index (χ4n) is 4.55. The van der Waals surface area contributed by atoms with Crippen molar-refractivity contribution < 1.29 is 135 Å². The van der Waals surface area contributed by atoms with Gasteiger partial charge in [-0.15, -0.1) is 0 Å². The zero-order valence-corrected chi connectivity index (χ0v) is 32.1. The number of rotatable bonds is 10. The Morgan fingerprint density at radius 3 is 1.08 bits per heavy atom. The molecule has 0 aromatic heterocycles. The number of carboxylic acids is 2. The molecule has 8 N–H and O–H groups in total. The average Bonchev–Trinajstić information content (AvgIpc) is 3.01.